The monoisotopic (exact) mass is 457 g/mol. The number of nitrogens with zero attached hydrogens (tertiary/aromatic N) is 5. The van der Waals surface area contributed by atoms with Gasteiger partial charge in [0.15, 0.2) is 28.5 Å². The number of anilines is 4. The molecule has 0 atom stereocenters. The average molecular weight is 457 g/mol. The zero-order valence-electron chi connectivity index (χ0n) is 18.4. The average Bonchev–Trinajstić information content (AvgIpc) is 3.58. The summed E-state index contributed by atoms with van der Waals surface area (Å²) in [5.74, 6) is 2.61. The maximum Gasteiger partial charge on any atom is 0.231 e. The molecule has 4 heterocycles. The van der Waals surface area contributed by atoms with Gasteiger partial charge in [-0.25, -0.2) is 4.98 Å². The Hall–Kier alpha value is -4.34. The minimum atomic E-state index is 0.204. The number of ether oxygens (including phenoxy) is 2. The zero-order valence-corrected chi connectivity index (χ0v) is 18.4. The first kappa shape index (κ1) is 20.3. The van der Waals surface area contributed by atoms with Crippen molar-refractivity contribution in [3.05, 3.63) is 54.9 Å². The molecule has 2 aromatic carbocycles. The van der Waals surface area contributed by atoms with Gasteiger partial charge in [-0.15, -0.1) is 0 Å². The summed E-state index contributed by atoms with van der Waals surface area (Å²) in [7, 11) is 0. The highest BCUT2D eigenvalue weighted by molar-refractivity contribution is 5.87. The quantitative estimate of drug-likeness (QED) is 0.433. The Labute approximate surface area is 195 Å². The molecule has 1 amide bonds. The van der Waals surface area contributed by atoms with Gasteiger partial charge < -0.3 is 29.6 Å². The highest BCUT2D eigenvalue weighted by Gasteiger charge is 2.21. The lowest BCUT2D eigenvalue weighted by Gasteiger charge is -2.16. The highest BCUT2D eigenvalue weighted by atomic mass is 16.7. The normalized spacial score (nSPS) is 14.7. The van der Waals surface area contributed by atoms with E-state index in [0.717, 1.165) is 24.3 Å². The van der Waals surface area contributed by atoms with Crippen LogP contribution in [0.4, 0.5) is 23.1 Å². The van der Waals surface area contributed by atoms with E-state index in [1.807, 2.05) is 58.0 Å². The number of para-hydroxylation sites is 1. The lowest BCUT2D eigenvalue weighted by molar-refractivity contribution is -0.127. The SMILES string of the molecule is O=C1CCCN1CCn1cnc2c(Nc3ccc4c(c3)OCO4)nc(Nc3ccccc3)nc21. The number of nitrogens with one attached hydrogen (secondary N) is 2. The Kier molecular flexibility index (Phi) is 5.10. The molecule has 34 heavy (non-hydrogen) atoms. The van der Waals surface area contributed by atoms with Crippen LogP contribution in [0.25, 0.3) is 11.2 Å². The van der Waals surface area contributed by atoms with Crippen molar-refractivity contribution in [2.24, 2.45) is 0 Å². The van der Waals surface area contributed by atoms with Crippen LogP contribution in [0.1, 0.15) is 12.8 Å². The number of likely N-dealkylation sites (tertiary alicyclic amines) is 1. The maximum atomic E-state index is 12.0. The summed E-state index contributed by atoms with van der Waals surface area (Å²) < 4.78 is 12.9. The second kappa shape index (κ2) is 8.54. The molecule has 0 spiro atoms. The summed E-state index contributed by atoms with van der Waals surface area (Å²) in [6.07, 6.45) is 3.29. The number of fused-ring (bicyclic) bond motifs is 2. The van der Waals surface area contributed by atoms with Gasteiger partial charge in [-0.05, 0) is 30.7 Å². The van der Waals surface area contributed by atoms with Crippen LogP contribution in [0.5, 0.6) is 11.5 Å². The van der Waals surface area contributed by atoms with Crippen LogP contribution in [0, 0.1) is 0 Å². The van der Waals surface area contributed by atoms with Crippen LogP contribution in [0.3, 0.4) is 0 Å². The van der Waals surface area contributed by atoms with Crippen molar-refractivity contribution in [1.82, 2.24) is 24.4 Å². The fraction of sp³-hybridized carbons (Fsp3) is 0.250. The fourth-order valence-corrected chi connectivity index (χ4v) is 4.18. The van der Waals surface area contributed by atoms with E-state index in [4.69, 9.17) is 19.4 Å². The minimum Gasteiger partial charge on any atom is -0.454 e. The van der Waals surface area contributed by atoms with Gasteiger partial charge in [-0.1, -0.05) is 18.2 Å². The van der Waals surface area contributed by atoms with Crippen molar-refractivity contribution >= 4 is 40.2 Å². The van der Waals surface area contributed by atoms with Crippen molar-refractivity contribution < 1.29 is 14.3 Å². The molecule has 0 aliphatic carbocycles. The number of imidazole rings is 1. The number of benzene rings is 2. The Balaban J connectivity index is 1.34. The molecule has 4 aromatic rings. The first-order chi connectivity index (χ1) is 16.7. The van der Waals surface area contributed by atoms with E-state index in [1.54, 1.807) is 6.33 Å². The first-order valence-electron chi connectivity index (χ1n) is 11.2. The molecular weight excluding hydrogens is 434 g/mol. The topological polar surface area (TPSA) is 106 Å². The summed E-state index contributed by atoms with van der Waals surface area (Å²) in [6, 6.07) is 15.4. The van der Waals surface area contributed by atoms with E-state index < -0.39 is 0 Å². The summed E-state index contributed by atoms with van der Waals surface area (Å²) >= 11 is 0. The third kappa shape index (κ3) is 3.94. The van der Waals surface area contributed by atoms with Gasteiger partial charge in [0.1, 0.15) is 0 Å². The van der Waals surface area contributed by atoms with E-state index in [-0.39, 0.29) is 12.7 Å². The van der Waals surface area contributed by atoms with Gasteiger partial charge >= 0.3 is 0 Å². The molecule has 0 saturated carbocycles. The van der Waals surface area contributed by atoms with Crippen LogP contribution < -0.4 is 20.1 Å². The second-order valence-corrected chi connectivity index (χ2v) is 8.17. The number of hydrogen-bond donors (Lipinski definition) is 2. The van der Waals surface area contributed by atoms with Crippen LogP contribution >= 0.6 is 0 Å². The minimum absolute atomic E-state index is 0.204. The number of carbonyl (C=O) groups is 1. The van der Waals surface area contributed by atoms with Crippen molar-refractivity contribution in [3.63, 3.8) is 0 Å². The molecule has 10 heteroatoms. The first-order valence-corrected chi connectivity index (χ1v) is 11.2. The number of carbonyl (C=O) groups excluding carboxylic acids is 1. The molecule has 10 nitrogen and oxygen atoms in total. The van der Waals surface area contributed by atoms with E-state index in [9.17, 15) is 4.79 Å². The van der Waals surface area contributed by atoms with Crippen molar-refractivity contribution in [2.45, 2.75) is 19.4 Å². The number of amides is 1. The van der Waals surface area contributed by atoms with Crippen LogP contribution in [0.2, 0.25) is 0 Å². The predicted octanol–water partition coefficient (Wildman–Crippen LogP) is 3.66. The molecule has 0 bridgehead atoms. The van der Waals surface area contributed by atoms with E-state index in [2.05, 4.69) is 15.6 Å². The van der Waals surface area contributed by atoms with Gasteiger partial charge in [0.2, 0.25) is 18.6 Å². The molecule has 2 N–H and O–H groups in total. The lowest BCUT2D eigenvalue weighted by Crippen LogP contribution is -2.28. The molecule has 0 unspecified atom stereocenters. The van der Waals surface area contributed by atoms with Crippen molar-refractivity contribution in [2.75, 3.05) is 30.5 Å². The molecule has 172 valence electrons. The largest absolute Gasteiger partial charge is 0.454 e. The van der Waals surface area contributed by atoms with Gasteiger partial charge in [0.05, 0.1) is 6.33 Å². The number of hydrogen-bond acceptors (Lipinski definition) is 8. The van der Waals surface area contributed by atoms with Gasteiger partial charge in [0.25, 0.3) is 0 Å². The molecule has 6 rings (SSSR count). The Morgan fingerprint density at radius 2 is 1.82 bits per heavy atom. The van der Waals surface area contributed by atoms with Crippen molar-refractivity contribution in [3.8, 4) is 11.5 Å². The third-order valence-electron chi connectivity index (χ3n) is 5.91. The Bertz CT molecular complexity index is 1360. The van der Waals surface area contributed by atoms with E-state index in [1.165, 1.54) is 0 Å². The second-order valence-electron chi connectivity index (χ2n) is 8.17. The maximum absolute atomic E-state index is 12.0. The van der Waals surface area contributed by atoms with Gasteiger partial charge in [0, 0.05) is 43.5 Å². The van der Waals surface area contributed by atoms with Crippen molar-refractivity contribution in [1.29, 1.82) is 0 Å². The van der Waals surface area contributed by atoms with E-state index in [0.29, 0.717) is 53.9 Å². The zero-order chi connectivity index (χ0) is 22.9. The van der Waals surface area contributed by atoms with E-state index >= 15 is 0 Å². The molecule has 0 radical (unpaired) electrons. The number of aromatic nitrogens is 4. The summed E-state index contributed by atoms with van der Waals surface area (Å²) in [5.41, 5.74) is 3.00. The molecular formula is C24H23N7O3. The molecule has 1 saturated heterocycles. The van der Waals surface area contributed by atoms with Crippen LogP contribution in [-0.2, 0) is 11.3 Å². The predicted molar refractivity (Wildman–Crippen MR) is 127 cm³/mol. The Morgan fingerprint density at radius 3 is 2.68 bits per heavy atom. The summed E-state index contributed by atoms with van der Waals surface area (Å²) in [5, 5.41) is 6.63. The lowest BCUT2D eigenvalue weighted by atomic mass is 10.2. The smallest absolute Gasteiger partial charge is 0.231 e. The van der Waals surface area contributed by atoms with Gasteiger partial charge in [-0.2, -0.15) is 9.97 Å². The molecule has 1 fully saturated rings. The highest BCUT2D eigenvalue weighted by Crippen LogP contribution is 2.35. The van der Waals surface area contributed by atoms with Gasteiger partial charge in [-0.3, -0.25) is 4.79 Å². The fourth-order valence-electron chi connectivity index (χ4n) is 4.18. The third-order valence-corrected chi connectivity index (χ3v) is 5.91. The molecule has 2 aromatic heterocycles. The number of rotatable bonds is 7. The summed E-state index contributed by atoms with van der Waals surface area (Å²) in [6.45, 7) is 2.25. The standard InChI is InChI=1S/C24H23N7O3/c32-20-7-4-10-30(20)11-12-31-14-25-21-22(26-17-8-9-18-19(13-17)34-15-33-18)28-24(29-23(21)31)27-16-5-2-1-3-6-16/h1-3,5-6,8-9,13-14H,4,7,10-12,15H2,(H2,26,27,28,29). The summed E-state index contributed by atoms with van der Waals surface area (Å²) in [4.78, 5) is 28.0. The molecule has 2 aliphatic rings. The molecule has 2 aliphatic heterocycles. The Morgan fingerprint density at radius 1 is 0.941 bits per heavy atom. The van der Waals surface area contributed by atoms with Crippen LogP contribution in [-0.4, -0.2) is 50.2 Å². The van der Waals surface area contributed by atoms with Crippen LogP contribution in [0.15, 0.2) is 54.9 Å².